The van der Waals surface area contributed by atoms with Gasteiger partial charge in [-0.1, -0.05) is 6.92 Å². The first kappa shape index (κ1) is 23.0. The zero-order valence-corrected chi connectivity index (χ0v) is 18.7. The Kier molecular flexibility index (Phi) is 7.52. The maximum absolute atomic E-state index is 13.2. The van der Waals surface area contributed by atoms with Crippen LogP contribution in [0.1, 0.15) is 42.1 Å². The fraction of sp³-hybridized carbons (Fsp3) is 0.609. The summed E-state index contributed by atoms with van der Waals surface area (Å²) < 4.78 is 17.9. The molecular weight excluding hydrogens is 398 g/mol. The molecule has 2 aliphatic heterocycles. The summed E-state index contributed by atoms with van der Waals surface area (Å²) in [4.78, 5) is 29.2. The number of amides is 2. The number of hydrogen-bond donors (Lipinski definition) is 0. The lowest BCUT2D eigenvalue weighted by Crippen LogP contribution is -2.44. The summed E-state index contributed by atoms with van der Waals surface area (Å²) in [7, 11) is 5.10. The van der Waals surface area contributed by atoms with E-state index in [-0.39, 0.29) is 49.2 Å². The first-order valence-corrected chi connectivity index (χ1v) is 10.7. The van der Waals surface area contributed by atoms with Crippen LogP contribution in [0.15, 0.2) is 18.2 Å². The van der Waals surface area contributed by atoms with E-state index in [1.165, 1.54) is 11.0 Å². The second-order valence-corrected chi connectivity index (χ2v) is 8.42. The number of hydrogen-bond acceptors (Lipinski definition) is 6. The molecule has 2 amide bonds. The Hall–Kier alpha value is -2.63. The van der Waals surface area contributed by atoms with E-state index in [1.54, 1.807) is 38.2 Å². The molecule has 2 aliphatic rings. The van der Waals surface area contributed by atoms with Crippen molar-refractivity contribution in [3.8, 4) is 11.8 Å². The summed E-state index contributed by atoms with van der Waals surface area (Å²) in [5, 5.41) is 9.29. The third-order valence-corrected chi connectivity index (χ3v) is 6.08. The summed E-state index contributed by atoms with van der Waals surface area (Å²) in [6.45, 7) is 2.91. The Morgan fingerprint density at radius 3 is 2.65 bits per heavy atom. The van der Waals surface area contributed by atoms with Gasteiger partial charge in [-0.25, -0.2) is 0 Å². The highest BCUT2D eigenvalue weighted by Crippen LogP contribution is 2.27. The van der Waals surface area contributed by atoms with Crippen LogP contribution in [0, 0.1) is 17.2 Å². The number of nitriles is 1. The molecule has 0 aromatic heterocycles. The molecule has 1 saturated heterocycles. The quantitative estimate of drug-likeness (QED) is 0.679. The summed E-state index contributed by atoms with van der Waals surface area (Å²) in [6, 6.07) is 6.86. The summed E-state index contributed by atoms with van der Waals surface area (Å²) >= 11 is 0. The molecule has 8 heteroatoms. The van der Waals surface area contributed by atoms with Crippen LogP contribution in [-0.2, 0) is 14.3 Å². The number of rotatable bonds is 1. The first-order valence-electron chi connectivity index (χ1n) is 10.7. The van der Waals surface area contributed by atoms with E-state index in [1.807, 2.05) is 6.92 Å². The summed E-state index contributed by atoms with van der Waals surface area (Å²) in [5.41, 5.74) is 0.667. The Morgan fingerprint density at radius 1 is 1.16 bits per heavy atom. The number of nitrogens with zero attached hydrogens (tertiary/aromatic N) is 3. The van der Waals surface area contributed by atoms with Gasteiger partial charge in [-0.3, -0.25) is 9.59 Å². The Balaban J connectivity index is 1.94. The standard InChI is InChI=1S/C23H31N3O5/c1-15-13-26(3)23(28)18-11-16(12-24)5-7-19(18)30-14-21-20(29-4)8-6-17(31-21)9-10-25(2)22(15)27/h5,7,11,15,17,20-21H,6,8-10,13-14H2,1-4H3/t15-,17+,20+,21-/m0/s1. The number of ether oxygens (including phenoxy) is 3. The highest BCUT2D eigenvalue weighted by molar-refractivity contribution is 5.97. The minimum absolute atomic E-state index is 0.0143. The number of benzene rings is 1. The van der Waals surface area contributed by atoms with E-state index in [2.05, 4.69) is 6.07 Å². The second-order valence-electron chi connectivity index (χ2n) is 8.42. The number of carbonyl (C=O) groups is 2. The molecule has 0 aliphatic carbocycles. The van der Waals surface area contributed by atoms with Crippen molar-refractivity contribution >= 4 is 11.8 Å². The van der Waals surface area contributed by atoms with Crippen molar-refractivity contribution in [2.75, 3.05) is 40.9 Å². The molecule has 0 N–H and O–H groups in total. The van der Waals surface area contributed by atoms with Crippen LogP contribution in [0.25, 0.3) is 0 Å². The lowest BCUT2D eigenvalue weighted by Gasteiger charge is -2.36. The van der Waals surface area contributed by atoms with E-state index < -0.39 is 0 Å². The molecule has 1 aromatic rings. The van der Waals surface area contributed by atoms with E-state index in [9.17, 15) is 14.9 Å². The molecule has 4 atom stereocenters. The molecule has 2 bridgehead atoms. The van der Waals surface area contributed by atoms with Crippen molar-refractivity contribution in [1.29, 1.82) is 5.26 Å². The smallest absolute Gasteiger partial charge is 0.257 e. The van der Waals surface area contributed by atoms with Crippen LogP contribution in [-0.4, -0.2) is 80.8 Å². The Bertz CT molecular complexity index is 852. The van der Waals surface area contributed by atoms with Gasteiger partial charge in [0, 0.05) is 34.3 Å². The Morgan fingerprint density at radius 2 is 1.94 bits per heavy atom. The van der Waals surface area contributed by atoms with Gasteiger partial charge in [0.25, 0.3) is 5.91 Å². The van der Waals surface area contributed by atoms with Crippen molar-refractivity contribution in [1.82, 2.24) is 9.80 Å². The molecule has 0 saturated carbocycles. The lowest BCUT2D eigenvalue weighted by molar-refractivity contribution is -0.146. The second kappa shape index (κ2) is 10.1. The van der Waals surface area contributed by atoms with Gasteiger partial charge >= 0.3 is 0 Å². The van der Waals surface area contributed by atoms with E-state index >= 15 is 0 Å². The summed E-state index contributed by atoms with van der Waals surface area (Å²) in [6.07, 6.45) is 2.05. The molecule has 1 fully saturated rings. The molecule has 0 radical (unpaired) electrons. The third-order valence-electron chi connectivity index (χ3n) is 6.08. The van der Waals surface area contributed by atoms with E-state index in [4.69, 9.17) is 14.2 Å². The first-order chi connectivity index (χ1) is 14.8. The topological polar surface area (TPSA) is 92.1 Å². The minimum Gasteiger partial charge on any atom is -0.490 e. The van der Waals surface area contributed by atoms with Gasteiger partial charge in [0.05, 0.1) is 35.3 Å². The average molecular weight is 430 g/mol. The van der Waals surface area contributed by atoms with Crippen LogP contribution in [0.3, 0.4) is 0 Å². The van der Waals surface area contributed by atoms with Crippen LogP contribution in [0.5, 0.6) is 5.75 Å². The van der Waals surface area contributed by atoms with E-state index in [0.717, 1.165) is 19.3 Å². The Labute approximate surface area is 183 Å². The molecule has 0 unspecified atom stereocenters. The minimum atomic E-state index is -0.356. The fourth-order valence-corrected chi connectivity index (χ4v) is 4.23. The predicted molar refractivity (Wildman–Crippen MR) is 114 cm³/mol. The SMILES string of the molecule is CO[C@@H]1CC[C@@H]2CCN(C)C(=O)[C@@H](C)CN(C)C(=O)c3cc(C#N)ccc3OC[C@@H]1O2. The van der Waals surface area contributed by atoms with Crippen molar-refractivity contribution in [3.05, 3.63) is 29.3 Å². The molecule has 2 heterocycles. The van der Waals surface area contributed by atoms with Gasteiger partial charge in [-0.05, 0) is 37.5 Å². The molecule has 1 aromatic carbocycles. The zero-order valence-electron chi connectivity index (χ0n) is 18.7. The predicted octanol–water partition coefficient (Wildman–Crippen LogP) is 2.07. The van der Waals surface area contributed by atoms with Crippen molar-refractivity contribution in [3.63, 3.8) is 0 Å². The largest absolute Gasteiger partial charge is 0.490 e. The third kappa shape index (κ3) is 5.35. The van der Waals surface area contributed by atoms with Crippen LogP contribution < -0.4 is 4.74 Å². The number of methoxy groups -OCH3 is 1. The zero-order chi connectivity index (χ0) is 22.5. The van der Waals surface area contributed by atoms with Crippen LogP contribution >= 0.6 is 0 Å². The van der Waals surface area contributed by atoms with Gasteiger partial charge in [0.1, 0.15) is 18.5 Å². The molecule has 0 spiro atoms. The molecule has 168 valence electrons. The molecule has 3 rings (SSSR count). The van der Waals surface area contributed by atoms with Crippen molar-refractivity contribution in [2.24, 2.45) is 5.92 Å². The van der Waals surface area contributed by atoms with Crippen LogP contribution in [0.2, 0.25) is 0 Å². The van der Waals surface area contributed by atoms with Gasteiger partial charge in [-0.15, -0.1) is 0 Å². The maximum Gasteiger partial charge on any atom is 0.257 e. The molecular formula is C23H31N3O5. The normalized spacial score (nSPS) is 28.1. The highest BCUT2D eigenvalue weighted by Gasteiger charge is 2.33. The average Bonchev–Trinajstić information content (AvgIpc) is 2.79. The lowest BCUT2D eigenvalue weighted by atomic mass is 9.99. The van der Waals surface area contributed by atoms with Crippen LogP contribution in [0.4, 0.5) is 0 Å². The number of carbonyl (C=O) groups excluding carboxylic acids is 2. The fourth-order valence-electron chi connectivity index (χ4n) is 4.23. The van der Waals surface area contributed by atoms with Gasteiger partial charge < -0.3 is 24.0 Å². The monoisotopic (exact) mass is 429 g/mol. The van der Waals surface area contributed by atoms with E-state index in [0.29, 0.717) is 23.4 Å². The summed E-state index contributed by atoms with van der Waals surface area (Å²) in [5.74, 6) is -0.276. The van der Waals surface area contributed by atoms with Gasteiger partial charge in [-0.2, -0.15) is 5.26 Å². The maximum atomic E-state index is 13.2. The molecule has 8 nitrogen and oxygen atoms in total. The highest BCUT2D eigenvalue weighted by atomic mass is 16.6. The van der Waals surface area contributed by atoms with Gasteiger partial charge in [0.15, 0.2) is 0 Å². The van der Waals surface area contributed by atoms with Crippen molar-refractivity contribution < 1.29 is 23.8 Å². The van der Waals surface area contributed by atoms with Gasteiger partial charge in [0.2, 0.25) is 5.91 Å². The molecule has 31 heavy (non-hydrogen) atoms. The number of fused-ring (bicyclic) bond motifs is 3. The van der Waals surface area contributed by atoms with Crippen molar-refractivity contribution in [2.45, 2.75) is 44.5 Å².